The fraction of sp³-hybridized carbons (Fsp3) is 0.333. The molecule has 5 rings (SSSR count). The van der Waals surface area contributed by atoms with Crippen molar-refractivity contribution in [2.75, 3.05) is 7.11 Å². The van der Waals surface area contributed by atoms with Crippen LogP contribution >= 0.6 is 22.9 Å². The number of benzene rings is 1. The molecule has 1 aromatic carbocycles. The molecule has 0 amide bonds. The number of hydrogen-bond acceptors (Lipinski definition) is 9. The number of aliphatic imine (C=N–C) groups is 1. The number of nitrogens with one attached hydrogen (secondary N) is 1. The third kappa shape index (κ3) is 5.84. The molecule has 3 heterocycles. The molecule has 3 aromatic rings. The Morgan fingerprint density at radius 3 is 2.49 bits per heavy atom. The minimum absolute atomic E-state index is 0.0196. The lowest BCUT2D eigenvalue weighted by molar-refractivity contribution is -0.137. The lowest BCUT2D eigenvalue weighted by atomic mass is 9.77. The summed E-state index contributed by atoms with van der Waals surface area (Å²) in [5.41, 5.74) is 2.08. The summed E-state index contributed by atoms with van der Waals surface area (Å²) in [7, 11) is 1.32. The molecule has 0 radical (unpaired) electrons. The fourth-order valence-electron chi connectivity index (χ4n) is 5.10. The van der Waals surface area contributed by atoms with Crippen molar-refractivity contribution in [2.45, 2.75) is 44.1 Å². The van der Waals surface area contributed by atoms with E-state index in [4.69, 9.17) is 26.4 Å². The van der Waals surface area contributed by atoms with Crippen LogP contribution in [0.2, 0.25) is 5.02 Å². The van der Waals surface area contributed by atoms with Crippen molar-refractivity contribution >= 4 is 40.7 Å². The number of ether oxygens (including phenoxy) is 1. The predicted molar refractivity (Wildman–Crippen MR) is 143 cm³/mol. The van der Waals surface area contributed by atoms with E-state index >= 15 is 0 Å². The molecule has 2 aromatic heterocycles. The van der Waals surface area contributed by atoms with Crippen molar-refractivity contribution in [1.82, 2.24) is 20.3 Å². The molecule has 12 heteroatoms. The average Bonchev–Trinajstić information content (AvgIpc) is 3.48. The molecule has 0 saturated heterocycles. The highest BCUT2D eigenvalue weighted by molar-refractivity contribution is 7.11. The van der Waals surface area contributed by atoms with Gasteiger partial charge in [-0.05, 0) is 49.3 Å². The number of methoxy groups -OCH3 is 1. The van der Waals surface area contributed by atoms with Crippen LogP contribution in [0.4, 0.5) is 4.39 Å². The van der Waals surface area contributed by atoms with Crippen LogP contribution in [0.25, 0.3) is 0 Å². The van der Waals surface area contributed by atoms with Crippen LogP contribution < -0.4 is 5.32 Å². The number of esters is 1. The highest BCUT2D eigenvalue weighted by Crippen LogP contribution is 2.43. The highest BCUT2D eigenvalue weighted by Gasteiger charge is 2.38. The van der Waals surface area contributed by atoms with Crippen molar-refractivity contribution < 1.29 is 23.8 Å². The second-order valence-electron chi connectivity index (χ2n) is 9.40. The Labute approximate surface area is 232 Å². The number of carboxylic acids is 1. The van der Waals surface area contributed by atoms with Crippen LogP contribution in [-0.4, -0.2) is 44.9 Å². The lowest BCUT2D eigenvalue weighted by Gasteiger charge is -2.34. The van der Waals surface area contributed by atoms with Gasteiger partial charge < -0.3 is 15.2 Å². The Kier molecular flexibility index (Phi) is 7.99. The first kappa shape index (κ1) is 26.9. The second kappa shape index (κ2) is 11.6. The molecule has 1 atom stereocenters. The molecule has 1 aliphatic carbocycles. The molecule has 1 aliphatic heterocycles. The van der Waals surface area contributed by atoms with Crippen LogP contribution in [0.3, 0.4) is 0 Å². The normalized spacial score (nSPS) is 21.2. The van der Waals surface area contributed by atoms with Crippen LogP contribution in [0.5, 0.6) is 0 Å². The smallest absolute Gasteiger partial charge is 0.338 e. The number of thiazole rings is 1. The van der Waals surface area contributed by atoms with Crippen molar-refractivity contribution in [1.29, 1.82) is 0 Å². The van der Waals surface area contributed by atoms with E-state index < -0.39 is 23.8 Å². The number of carbonyl (C=O) groups is 2. The largest absolute Gasteiger partial charge is 0.481 e. The van der Waals surface area contributed by atoms with Crippen LogP contribution in [0.15, 0.2) is 58.4 Å². The minimum atomic E-state index is -0.928. The number of halogens is 2. The maximum Gasteiger partial charge on any atom is 0.338 e. The summed E-state index contributed by atoms with van der Waals surface area (Å²) in [4.78, 5) is 42.2. The van der Waals surface area contributed by atoms with Crippen molar-refractivity contribution in [3.63, 3.8) is 0 Å². The lowest BCUT2D eigenvalue weighted by Crippen LogP contribution is -2.37. The van der Waals surface area contributed by atoms with E-state index in [9.17, 15) is 14.0 Å². The Morgan fingerprint density at radius 1 is 1.15 bits per heavy atom. The number of amidine groups is 1. The van der Waals surface area contributed by atoms with E-state index in [0.29, 0.717) is 39.1 Å². The van der Waals surface area contributed by atoms with Crippen molar-refractivity contribution in [2.24, 2.45) is 10.9 Å². The number of aromatic nitrogens is 3. The van der Waals surface area contributed by atoms with Gasteiger partial charge in [-0.2, -0.15) is 0 Å². The zero-order valence-corrected chi connectivity index (χ0v) is 22.5. The molecule has 0 bridgehead atoms. The van der Waals surface area contributed by atoms with E-state index in [1.165, 1.54) is 30.6 Å². The van der Waals surface area contributed by atoms with E-state index in [1.807, 2.05) is 5.38 Å². The van der Waals surface area contributed by atoms with E-state index in [1.54, 1.807) is 24.7 Å². The SMILES string of the molecule is COC(=O)C1=C(C2CCC(c3ncc(CC(=O)O)cn3)CC2)NC(c2nccs2)=NC1c1ccc(F)cc1Cl. The molecule has 202 valence electrons. The fourth-order valence-corrected chi connectivity index (χ4v) is 5.96. The number of hydrogen-bond donors (Lipinski definition) is 2. The molecule has 1 saturated carbocycles. The van der Waals surface area contributed by atoms with Gasteiger partial charge in [0.25, 0.3) is 0 Å². The van der Waals surface area contributed by atoms with Crippen LogP contribution in [-0.2, 0) is 20.7 Å². The predicted octanol–water partition coefficient (Wildman–Crippen LogP) is 4.84. The minimum Gasteiger partial charge on any atom is -0.481 e. The van der Waals surface area contributed by atoms with Gasteiger partial charge in [-0.3, -0.25) is 9.79 Å². The first-order chi connectivity index (χ1) is 18.8. The zero-order valence-electron chi connectivity index (χ0n) is 20.9. The van der Waals surface area contributed by atoms with E-state index in [2.05, 4.69) is 20.3 Å². The topological polar surface area (TPSA) is 127 Å². The van der Waals surface area contributed by atoms with Gasteiger partial charge >= 0.3 is 11.9 Å². The van der Waals surface area contributed by atoms with Gasteiger partial charge in [-0.1, -0.05) is 17.7 Å². The van der Waals surface area contributed by atoms with Gasteiger partial charge in [-0.25, -0.2) is 24.1 Å². The summed E-state index contributed by atoms with van der Waals surface area (Å²) in [6.45, 7) is 0. The second-order valence-corrected chi connectivity index (χ2v) is 10.7. The maximum atomic E-state index is 13.9. The maximum absolute atomic E-state index is 13.9. The molecule has 1 unspecified atom stereocenters. The van der Waals surface area contributed by atoms with Gasteiger partial charge in [0.05, 0.1) is 19.1 Å². The molecule has 2 aliphatic rings. The third-order valence-corrected chi connectivity index (χ3v) is 8.06. The Bertz CT molecular complexity index is 1440. The van der Waals surface area contributed by atoms with Gasteiger partial charge in [0.15, 0.2) is 10.8 Å². The summed E-state index contributed by atoms with van der Waals surface area (Å²) in [5, 5.41) is 15.0. The quantitative estimate of drug-likeness (QED) is 0.387. The molecule has 9 nitrogen and oxygen atoms in total. The number of allylic oxidation sites excluding steroid dienone is 1. The van der Waals surface area contributed by atoms with Gasteiger partial charge in [0, 0.05) is 46.2 Å². The number of carbonyl (C=O) groups excluding carboxylic acids is 1. The number of aliphatic carboxylic acids is 1. The van der Waals surface area contributed by atoms with Crippen LogP contribution in [0, 0.1) is 11.7 Å². The zero-order chi connectivity index (χ0) is 27.5. The Hall–Kier alpha value is -3.70. The summed E-state index contributed by atoms with van der Waals surface area (Å²) in [6.07, 6.45) is 7.71. The van der Waals surface area contributed by atoms with Gasteiger partial charge in [0.1, 0.15) is 17.7 Å². The first-order valence-corrected chi connectivity index (χ1v) is 13.6. The van der Waals surface area contributed by atoms with Crippen LogP contribution in [0.1, 0.15) is 59.6 Å². The Morgan fingerprint density at radius 2 is 1.87 bits per heavy atom. The van der Waals surface area contributed by atoms with E-state index in [0.717, 1.165) is 25.7 Å². The number of rotatable bonds is 7. The summed E-state index contributed by atoms with van der Waals surface area (Å²) in [5.74, 6) is -0.664. The first-order valence-electron chi connectivity index (χ1n) is 12.4. The van der Waals surface area contributed by atoms with Gasteiger partial charge in [-0.15, -0.1) is 11.3 Å². The van der Waals surface area contributed by atoms with Gasteiger partial charge in [0.2, 0.25) is 0 Å². The molecular formula is C27H25ClFN5O4S. The third-order valence-electron chi connectivity index (χ3n) is 6.95. The average molecular weight is 570 g/mol. The molecule has 39 heavy (non-hydrogen) atoms. The molecule has 0 spiro atoms. The summed E-state index contributed by atoms with van der Waals surface area (Å²) in [6, 6.07) is 3.24. The standard InChI is InChI=1S/C27H25ClFN5O4S/c1-38-27(37)21-22(15-2-4-16(5-3-15)24-31-12-14(13-32-24)10-20(35)36)33-25(26-30-8-9-39-26)34-23(21)18-7-6-17(29)11-19(18)28/h6-9,11-13,15-16,23H,2-5,10H2,1H3,(H,33,34)(H,35,36). The number of nitrogens with zero attached hydrogens (tertiary/aromatic N) is 4. The molecule has 1 fully saturated rings. The molecule has 2 N–H and O–H groups in total. The van der Waals surface area contributed by atoms with E-state index in [-0.39, 0.29) is 23.3 Å². The monoisotopic (exact) mass is 569 g/mol. The number of carboxylic acid groups (broad SMARTS) is 1. The Balaban J connectivity index is 1.46. The summed E-state index contributed by atoms with van der Waals surface area (Å²) >= 11 is 7.85. The summed E-state index contributed by atoms with van der Waals surface area (Å²) < 4.78 is 19.1. The molecular weight excluding hydrogens is 545 g/mol. The van der Waals surface area contributed by atoms with Crippen molar-refractivity contribution in [3.05, 3.63) is 86.2 Å². The highest BCUT2D eigenvalue weighted by atomic mass is 35.5. The van der Waals surface area contributed by atoms with Crippen molar-refractivity contribution in [3.8, 4) is 0 Å².